The smallest absolute Gasteiger partial charge is 0.191 e. The van der Waals surface area contributed by atoms with Crippen LogP contribution >= 0.6 is 24.0 Å². The number of hydrogen-bond acceptors (Lipinski definition) is 4. The number of nitrogens with zero attached hydrogens (tertiary/aromatic N) is 4. The van der Waals surface area contributed by atoms with Crippen LogP contribution in [-0.4, -0.2) is 61.7 Å². The summed E-state index contributed by atoms with van der Waals surface area (Å²) < 4.78 is 0. The molecule has 0 radical (unpaired) electrons. The number of hydrogen-bond donors (Lipinski definition) is 2. The molecule has 1 aliphatic heterocycles. The minimum absolute atomic E-state index is 0. The van der Waals surface area contributed by atoms with Crippen molar-refractivity contribution in [3.8, 4) is 0 Å². The van der Waals surface area contributed by atoms with Gasteiger partial charge in [-0.2, -0.15) is 0 Å². The van der Waals surface area contributed by atoms with Crippen molar-refractivity contribution in [3.63, 3.8) is 0 Å². The number of aliphatic imine (C=N–C) groups is 1. The van der Waals surface area contributed by atoms with E-state index < -0.39 is 0 Å². The van der Waals surface area contributed by atoms with Gasteiger partial charge in [0.1, 0.15) is 5.82 Å². The number of likely N-dealkylation sites (N-methyl/N-ethyl adjacent to an activating group) is 1. The number of pyridine rings is 1. The molecule has 1 saturated carbocycles. The van der Waals surface area contributed by atoms with Gasteiger partial charge in [-0.3, -0.25) is 0 Å². The molecular weight excluding hydrogens is 511 g/mol. The molecule has 0 amide bonds. The Morgan fingerprint density at radius 1 is 1.03 bits per heavy atom. The average molecular weight is 549 g/mol. The first kappa shape index (κ1) is 24.8. The molecule has 6 nitrogen and oxygen atoms in total. The van der Waals surface area contributed by atoms with E-state index in [1.54, 1.807) is 0 Å². The fourth-order valence-electron chi connectivity index (χ4n) is 4.30. The molecule has 7 heteroatoms. The largest absolute Gasteiger partial charge is 0.357 e. The van der Waals surface area contributed by atoms with Gasteiger partial charge in [0.25, 0.3) is 0 Å². The van der Waals surface area contributed by atoms with E-state index in [-0.39, 0.29) is 29.4 Å². The summed E-state index contributed by atoms with van der Waals surface area (Å²) in [6.07, 6.45) is 4.40. The molecule has 2 N–H and O–H groups in total. The Hall–Kier alpha value is -1.87. The number of halogens is 1. The maximum atomic E-state index is 4.86. The van der Waals surface area contributed by atoms with Gasteiger partial charge in [0.15, 0.2) is 5.96 Å². The lowest BCUT2D eigenvalue weighted by atomic mass is 9.96. The quantitative estimate of drug-likeness (QED) is 0.300. The van der Waals surface area contributed by atoms with Crippen LogP contribution in [-0.2, 0) is 12.0 Å². The Balaban J connectivity index is 0.00000289. The lowest BCUT2D eigenvalue weighted by Crippen LogP contribution is -2.46. The molecule has 1 aromatic carbocycles. The first-order chi connectivity index (χ1) is 15.2. The number of aromatic nitrogens is 1. The van der Waals surface area contributed by atoms with Crippen LogP contribution in [0.25, 0.3) is 0 Å². The van der Waals surface area contributed by atoms with Crippen LogP contribution in [0.4, 0.5) is 5.82 Å². The maximum Gasteiger partial charge on any atom is 0.191 e. The first-order valence-corrected chi connectivity index (χ1v) is 11.7. The molecule has 1 aromatic heterocycles. The lowest BCUT2D eigenvalue weighted by Gasteiger charge is -2.34. The van der Waals surface area contributed by atoms with Gasteiger partial charge >= 0.3 is 0 Å². The molecule has 1 aliphatic carbocycles. The van der Waals surface area contributed by atoms with Gasteiger partial charge in [-0.1, -0.05) is 37.3 Å². The third kappa shape index (κ3) is 6.34. The number of benzene rings is 1. The monoisotopic (exact) mass is 548 g/mol. The van der Waals surface area contributed by atoms with Crippen LogP contribution in [0.2, 0.25) is 0 Å². The van der Waals surface area contributed by atoms with Crippen LogP contribution in [0.5, 0.6) is 0 Å². The third-order valence-corrected chi connectivity index (χ3v) is 6.55. The minimum atomic E-state index is 0. The van der Waals surface area contributed by atoms with Gasteiger partial charge in [0.2, 0.25) is 0 Å². The van der Waals surface area contributed by atoms with E-state index in [9.17, 15) is 0 Å². The Labute approximate surface area is 209 Å². The summed E-state index contributed by atoms with van der Waals surface area (Å²) >= 11 is 0. The maximum absolute atomic E-state index is 4.86. The second kappa shape index (κ2) is 11.8. The summed E-state index contributed by atoms with van der Waals surface area (Å²) in [5, 5.41) is 6.99. The Bertz CT molecular complexity index is 860. The molecule has 0 unspecified atom stereocenters. The zero-order chi connectivity index (χ0) is 21.5. The van der Waals surface area contributed by atoms with E-state index in [4.69, 9.17) is 4.99 Å². The highest BCUT2D eigenvalue weighted by Gasteiger charge is 2.44. The second-order valence-electron chi connectivity index (χ2n) is 8.64. The number of piperazine rings is 1. The second-order valence-corrected chi connectivity index (χ2v) is 8.64. The zero-order valence-corrected chi connectivity index (χ0v) is 21.7. The number of rotatable bonds is 8. The van der Waals surface area contributed by atoms with Crippen LogP contribution in [0.3, 0.4) is 0 Å². The molecule has 2 fully saturated rings. The van der Waals surface area contributed by atoms with E-state index in [0.29, 0.717) is 6.54 Å². The SMILES string of the molecule is CCNC(=NCc1ccnc(N2CCN(CC)CC2)c1)NCC1(c2ccccc2)CC1.I. The molecule has 32 heavy (non-hydrogen) atoms. The van der Waals surface area contributed by atoms with Crippen molar-refractivity contribution in [1.82, 2.24) is 20.5 Å². The highest BCUT2D eigenvalue weighted by molar-refractivity contribution is 14.0. The molecule has 2 heterocycles. The number of nitrogens with one attached hydrogen (secondary N) is 2. The van der Waals surface area contributed by atoms with Crippen LogP contribution in [0.15, 0.2) is 53.7 Å². The molecule has 2 aromatic rings. The van der Waals surface area contributed by atoms with Gasteiger partial charge in [-0.05, 0) is 49.6 Å². The zero-order valence-electron chi connectivity index (χ0n) is 19.4. The summed E-state index contributed by atoms with van der Waals surface area (Å²) in [6.45, 7) is 12.2. The highest BCUT2D eigenvalue weighted by Crippen LogP contribution is 2.47. The Morgan fingerprint density at radius 2 is 1.78 bits per heavy atom. The summed E-state index contributed by atoms with van der Waals surface area (Å²) in [7, 11) is 0. The first-order valence-electron chi connectivity index (χ1n) is 11.7. The van der Waals surface area contributed by atoms with Crippen molar-refractivity contribution in [2.75, 3.05) is 50.7 Å². The molecule has 0 bridgehead atoms. The topological polar surface area (TPSA) is 55.8 Å². The average Bonchev–Trinajstić information content (AvgIpc) is 3.63. The molecule has 0 atom stereocenters. The Morgan fingerprint density at radius 3 is 2.44 bits per heavy atom. The van der Waals surface area contributed by atoms with Crippen molar-refractivity contribution in [2.24, 2.45) is 4.99 Å². The van der Waals surface area contributed by atoms with E-state index in [2.05, 4.69) is 81.7 Å². The standard InChI is InChI=1S/C25H36N6.HI/c1-3-26-24(29-20-25(11-12-25)22-8-6-5-7-9-22)28-19-21-10-13-27-23(18-21)31-16-14-30(4-2)15-17-31;/h5-10,13,18H,3-4,11-12,14-17,19-20H2,1-2H3,(H2,26,28,29);1H. The number of anilines is 1. The third-order valence-electron chi connectivity index (χ3n) is 6.55. The summed E-state index contributed by atoms with van der Waals surface area (Å²) in [5.74, 6) is 1.96. The van der Waals surface area contributed by atoms with E-state index >= 15 is 0 Å². The molecule has 174 valence electrons. The predicted molar refractivity (Wildman–Crippen MR) is 144 cm³/mol. The molecule has 4 rings (SSSR count). The Kier molecular flexibility index (Phi) is 9.16. The molecule has 2 aliphatic rings. The van der Waals surface area contributed by atoms with Gasteiger partial charge in [0, 0.05) is 50.9 Å². The van der Waals surface area contributed by atoms with Gasteiger partial charge < -0.3 is 20.4 Å². The predicted octanol–water partition coefficient (Wildman–Crippen LogP) is 3.63. The van der Waals surface area contributed by atoms with Crippen molar-refractivity contribution in [2.45, 2.75) is 38.6 Å². The van der Waals surface area contributed by atoms with E-state index in [1.165, 1.54) is 24.0 Å². The molecule has 1 saturated heterocycles. The van der Waals surface area contributed by atoms with Crippen molar-refractivity contribution in [1.29, 1.82) is 0 Å². The van der Waals surface area contributed by atoms with Gasteiger partial charge in [-0.25, -0.2) is 9.98 Å². The van der Waals surface area contributed by atoms with Crippen molar-refractivity contribution >= 4 is 35.8 Å². The van der Waals surface area contributed by atoms with E-state index in [0.717, 1.165) is 57.6 Å². The normalized spacial score (nSPS) is 18.1. The highest BCUT2D eigenvalue weighted by atomic mass is 127. The van der Waals surface area contributed by atoms with Gasteiger partial charge in [-0.15, -0.1) is 24.0 Å². The van der Waals surface area contributed by atoms with Crippen molar-refractivity contribution in [3.05, 3.63) is 59.8 Å². The molecular formula is C25H37IN6. The number of guanidine groups is 1. The summed E-state index contributed by atoms with van der Waals surface area (Å²) in [6, 6.07) is 15.1. The van der Waals surface area contributed by atoms with Crippen LogP contribution in [0.1, 0.15) is 37.8 Å². The van der Waals surface area contributed by atoms with Gasteiger partial charge in [0.05, 0.1) is 6.54 Å². The summed E-state index contributed by atoms with van der Waals surface area (Å²) in [4.78, 5) is 14.4. The summed E-state index contributed by atoms with van der Waals surface area (Å²) in [5.41, 5.74) is 2.90. The lowest BCUT2D eigenvalue weighted by molar-refractivity contribution is 0.270. The van der Waals surface area contributed by atoms with Crippen LogP contribution in [0, 0.1) is 0 Å². The fourth-order valence-corrected chi connectivity index (χ4v) is 4.30. The fraction of sp³-hybridized carbons (Fsp3) is 0.520. The van der Waals surface area contributed by atoms with Crippen LogP contribution < -0.4 is 15.5 Å². The molecule has 0 spiro atoms. The van der Waals surface area contributed by atoms with Crippen molar-refractivity contribution < 1.29 is 0 Å². The minimum Gasteiger partial charge on any atom is -0.357 e. The van der Waals surface area contributed by atoms with E-state index in [1.807, 2.05) is 6.20 Å².